The van der Waals surface area contributed by atoms with Crippen molar-refractivity contribution < 1.29 is 13.2 Å². The summed E-state index contributed by atoms with van der Waals surface area (Å²) >= 11 is 0. The van der Waals surface area contributed by atoms with Crippen molar-refractivity contribution in [2.24, 2.45) is 17.8 Å². The minimum atomic E-state index is -3.60. The summed E-state index contributed by atoms with van der Waals surface area (Å²) in [6.45, 7) is 6.78. The van der Waals surface area contributed by atoms with E-state index in [0.717, 1.165) is 30.8 Å². The van der Waals surface area contributed by atoms with Gasteiger partial charge in [0.15, 0.2) is 0 Å². The summed E-state index contributed by atoms with van der Waals surface area (Å²) in [6.07, 6.45) is 9.24. The van der Waals surface area contributed by atoms with Gasteiger partial charge >= 0.3 is 0 Å². The second-order valence-electron chi connectivity index (χ2n) is 12.6. The Labute approximate surface area is 228 Å². The number of amides is 1. The molecular formula is C31H41N3O3S. The maximum atomic E-state index is 13.3. The summed E-state index contributed by atoms with van der Waals surface area (Å²) in [5, 5.41) is 0. The summed E-state index contributed by atoms with van der Waals surface area (Å²) in [6, 6.07) is 14.5. The third kappa shape index (κ3) is 4.72. The molecular weight excluding hydrogens is 494 g/mol. The van der Waals surface area contributed by atoms with E-state index < -0.39 is 10.0 Å². The predicted octanol–water partition coefficient (Wildman–Crippen LogP) is 4.89. The number of hydrogen-bond acceptors (Lipinski definition) is 4. The molecule has 0 aromatic heterocycles. The second kappa shape index (κ2) is 9.58. The van der Waals surface area contributed by atoms with E-state index in [-0.39, 0.29) is 17.9 Å². The Bertz CT molecular complexity index is 1280. The van der Waals surface area contributed by atoms with Gasteiger partial charge in [-0.15, -0.1) is 0 Å². The summed E-state index contributed by atoms with van der Waals surface area (Å²) in [4.78, 5) is 17.4. The van der Waals surface area contributed by atoms with Crippen LogP contribution in [0, 0.1) is 31.6 Å². The van der Waals surface area contributed by atoms with E-state index in [9.17, 15) is 13.2 Å². The number of rotatable bonds is 6. The largest absolute Gasteiger partial charge is 0.368 e. The van der Waals surface area contributed by atoms with E-state index >= 15 is 0 Å². The highest BCUT2D eigenvalue weighted by atomic mass is 32.2. The van der Waals surface area contributed by atoms with Gasteiger partial charge in [0.2, 0.25) is 15.9 Å². The average molecular weight is 536 g/mol. The minimum Gasteiger partial charge on any atom is -0.368 e. The van der Waals surface area contributed by atoms with Crippen LogP contribution in [0.25, 0.3) is 0 Å². The Morgan fingerprint density at radius 2 is 1.47 bits per heavy atom. The quantitative estimate of drug-likeness (QED) is 0.529. The van der Waals surface area contributed by atoms with Crippen LogP contribution < -0.4 is 9.21 Å². The van der Waals surface area contributed by atoms with Crippen LogP contribution in [0.2, 0.25) is 0 Å². The van der Waals surface area contributed by atoms with Crippen LogP contribution in [-0.4, -0.2) is 58.2 Å². The van der Waals surface area contributed by atoms with Gasteiger partial charge in [0.25, 0.3) is 0 Å². The molecule has 0 N–H and O–H groups in total. The topological polar surface area (TPSA) is 60.9 Å². The van der Waals surface area contributed by atoms with Crippen molar-refractivity contribution in [3.8, 4) is 0 Å². The van der Waals surface area contributed by atoms with E-state index in [1.165, 1.54) is 71.5 Å². The number of benzene rings is 2. The zero-order valence-corrected chi connectivity index (χ0v) is 23.8. The molecule has 2 aromatic rings. The molecule has 7 rings (SSSR count). The SMILES string of the molecule is Cc1cccc(N2CCN(C(=O)CN(c3ccc(C45CC6CC(CC(C6)C4)C5)cc3)S(C)(=O)=O)CC2)c1C. The van der Waals surface area contributed by atoms with E-state index in [4.69, 9.17) is 0 Å². The fourth-order valence-corrected chi connectivity index (χ4v) is 9.19. The average Bonchev–Trinajstić information content (AvgIpc) is 2.87. The number of carbonyl (C=O) groups is 1. The first-order valence-corrected chi connectivity index (χ1v) is 16.1. The maximum absolute atomic E-state index is 13.3. The zero-order valence-electron chi connectivity index (χ0n) is 23.0. The van der Waals surface area contributed by atoms with Crippen molar-refractivity contribution in [3.63, 3.8) is 0 Å². The maximum Gasteiger partial charge on any atom is 0.243 e. The molecule has 4 saturated carbocycles. The van der Waals surface area contributed by atoms with Crippen LogP contribution in [0.5, 0.6) is 0 Å². The minimum absolute atomic E-state index is 0.138. The molecule has 38 heavy (non-hydrogen) atoms. The van der Waals surface area contributed by atoms with Crippen molar-refractivity contribution in [3.05, 3.63) is 59.2 Å². The Morgan fingerprint density at radius 1 is 0.895 bits per heavy atom. The van der Waals surface area contributed by atoms with Crippen molar-refractivity contribution in [1.82, 2.24) is 4.90 Å². The first-order chi connectivity index (χ1) is 18.1. The molecule has 4 aliphatic carbocycles. The van der Waals surface area contributed by atoms with Gasteiger partial charge in [-0.05, 0) is 110 Å². The van der Waals surface area contributed by atoms with Crippen LogP contribution in [0.1, 0.15) is 55.2 Å². The lowest BCUT2D eigenvalue weighted by atomic mass is 9.48. The fraction of sp³-hybridized carbons (Fsp3) is 0.581. The Hall–Kier alpha value is -2.54. The first-order valence-electron chi connectivity index (χ1n) is 14.3. The number of piperazine rings is 1. The first kappa shape index (κ1) is 25.7. The zero-order chi connectivity index (χ0) is 26.7. The van der Waals surface area contributed by atoms with Crippen molar-refractivity contribution in [2.75, 3.05) is 48.2 Å². The van der Waals surface area contributed by atoms with Gasteiger partial charge in [0, 0.05) is 31.9 Å². The number of hydrogen-bond donors (Lipinski definition) is 0. The van der Waals surface area contributed by atoms with E-state index in [2.05, 4.69) is 49.1 Å². The molecule has 0 spiro atoms. The van der Waals surface area contributed by atoms with Crippen LogP contribution in [-0.2, 0) is 20.2 Å². The highest BCUT2D eigenvalue weighted by Gasteiger charge is 2.51. The Kier molecular flexibility index (Phi) is 6.48. The van der Waals surface area contributed by atoms with E-state index in [0.29, 0.717) is 18.8 Å². The third-order valence-electron chi connectivity index (χ3n) is 10.0. The molecule has 1 saturated heterocycles. The van der Waals surface area contributed by atoms with Gasteiger partial charge < -0.3 is 9.80 Å². The molecule has 0 atom stereocenters. The fourth-order valence-electron chi connectivity index (χ4n) is 8.34. The van der Waals surface area contributed by atoms with Gasteiger partial charge in [-0.25, -0.2) is 8.42 Å². The summed E-state index contributed by atoms with van der Waals surface area (Å²) in [5.74, 6) is 2.45. The van der Waals surface area contributed by atoms with E-state index in [1.54, 1.807) is 0 Å². The van der Waals surface area contributed by atoms with Crippen molar-refractivity contribution in [1.29, 1.82) is 0 Å². The lowest BCUT2D eigenvalue weighted by molar-refractivity contribution is -0.129. The molecule has 1 aliphatic heterocycles. The molecule has 204 valence electrons. The lowest BCUT2D eigenvalue weighted by Gasteiger charge is -2.57. The molecule has 5 fully saturated rings. The van der Waals surface area contributed by atoms with Crippen LogP contribution >= 0.6 is 0 Å². The number of nitrogens with zero attached hydrogens (tertiary/aromatic N) is 3. The van der Waals surface area contributed by atoms with Gasteiger partial charge in [0.1, 0.15) is 6.54 Å². The number of anilines is 2. The third-order valence-corrected chi connectivity index (χ3v) is 11.2. The van der Waals surface area contributed by atoms with Gasteiger partial charge in [-0.2, -0.15) is 0 Å². The molecule has 1 heterocycles. The molecule has 2 aromatic carbocycles. The summed E-state index contributed by atoms with van der Waals surface area (Å²) < 4.78 is 26.9. The Morgan fingerprint density at radius 3 is 2.03 bits per heavy atom. The molecule has 0 unspecified atom stereocenters. The predicted molar refractivity (Wildman–Crippen MR) is 153 cm³/mol. The standard InChI is InChI=1S/C31H41N3O3S/c1-22-5-4-6-29(23(22)2)32-11-13-33(14-12-32)30(35)21-34(38(3,36)37)28-9-7-27(8-10-28)31-18-24-15-25(19-31)17-26(16-24)20-31/h4-10,24-26H,11-21H2,1-3H3. The number of sulfonamides is 1. The molecule has 5 aliphatic rings. The van der Waals surface area contributed by atoms with Crippen molar-refractivity contribution in [2.45, 2.75) is 57.8 Å². The van der Waals surface area contributed by atoms with E-state index in [1.807, 2.05) is 17.0 Å². The smallest absolute Gasteiger partial charge is 0.243 e. The summed E-state index contributed by atoms with van der Waals surface area (Å²) in [5.41, 5.74) is 5.97. The number of aryl methyl sites for hydroxylation is 1. The lowest BCUT2D eigenvalue weighted by Crippen LogP contribution is -2.52. The highest BCUT2D eigenvalue weighted by molar-refractivity contribution is 7.92. The molecule has 7 heteroatoms. The molecule has 0 radical (unpaired) electrons. The van der Waals surface area contributed by atoms with Crippen molar-refractivity contribution >= 4 is 27.3 Å². The number of carbonyl (C=O) groups excluding carboxylic acids is 1. The second-order valence-corrected chi connectivity index (χ2v) is 14.5. The van der Waals surface area contributed by atoms with Crippen LogP contribution in [0.4, 0.5) is 11.4 Å². The normalized spacial score (nSPS) is 28.6. The monoisotopic (exact) mass is 535 g/mol. The van der Waals surface area contributed by atoms with Crippen LogP contribution in [0.3, 0.4) is 0 Å². The molecule has 4 bridgehead atoms. The Balaban J connectivity index is 1.14. The van der Waals surface area contributed by atoms with Crippen LogP contribution in [0.15, 0.2) is 42.5 Å². The molecule has 1 amide bonds. The van der Waals surface area contributed by atoms with Gasteiger partial charge in [-0.1, -0.05) is 24.3 Å². The molecule has 6 nitrogen and oxygen atoms in total. The summed E-state index contributed by atoms with van der Waals surface area (Å²) in [7, 11) is -3.60. The van der Waals surface area contributed by atoms with Gasteiger partial charge in [-0.3, -0.25) is 9.10 Å². The van der Waals surface area contributed by atoms with Gasteiger partial charge in [0.05, 0.1) is 11.9 Å². The highest BCUT2D eigenvalue weighted by Crippen LogP contribution is 2.60.